The summed E-state index contributed by atoms with van der Waals surface area (Å²) in [4.78, 5) is 14.2. The van der Waals surface area contributed by atoms with Gasteiger partial charge in [0.25, 0.3) is 0 Å². The van der Waals surface area contributed by atoms with E-state index in [2.05, 4.69) is 4.72 Å². The average molecular weight is 405 g/mol. The van der Waals surface area contributed by atoms with Gasteiger partial charge in [0.2, 0.25) is 15.9 Å². The van der Waals surface area contributed by atoms with Gasteiger partial charge in [-0.3, -0.25) is 4.79 Å². The van der Waals surface area contributed by atoms with Crippen LogP contribution in [0.25, 0.3) is 6.08 Å². The average Bonchev–Trinajstić information content (AvgIpc) is 2.67. The van der Waals surface area contributed by atoms with Gasteiger partial charge in [-0.05, 0) is 48.7 Å². The number of piperidine rings is 1. The van der Waals surface area contributed by atoms with Crippen molar-refractivity contribution in [2.75, 3.05) is 13.1 Å². The Balaban J connectivity index is 1.53. The molecule has 0 saturated carbocycles. The second kappa shape index (κ2) is 8.69. The van der Waals surface area contributed by atoms with Crippen LogP contribution < -0.4 is 4.72 Å². The van der Waals surface area contributed by atoms with Gasteiger partial charge in [0.05, 0.1) is 4.90 Å². The Morgan fingerprint density at radius 3 is 2.30 bits per heavy atom. The van der Waals surface area contributed by atoms with E-state index in [0.29, 0.717) is 31.0 Å². The number of sulfonamides is 1. The first-order chi connectivity index (χ1) is 12.9. The predicted molar refractivity (Wildman–Crippen MR) is 107 cm³/mol. The molecule has 27 heavy (non-hydrogen) atoms. The SMILES string of the molecule is O=C(/C=C/c1ccccc1)N1CCC(NS(=O)(=O)c2ccc(Cl)cc2)CC1. The fourth-order valence-electron chi connectivity index (χ4n) is 2.96. The first-order valence-corrected chi connectivity index (χ1v) is 10.6. The molecule has 142 valence electrons. The maximum absolute atomic E-state index is 12.4. The molecule has 2 aromatic carbocycles. The molecule has 2 aromatic rings. The maximum Gasteiger partial charge on any atom is 0.246 e. The van der Waals surface area contributed by atoms with Crippen LogP contribution in [-0.4, -0.2) is 38.4 Å². The largest absolute Gasteiger partial charge is 0.339 e. The van der Waals surface area contributed by atoms with Crippen LogP contribution in [0.5, 0.6) is 0 Å². The Labute approximate surface area is 164 Å². The van der Waals surface area contributed by atoms with Crippen molar-refractivity contribution in [3.05, 3.63) is 71.3 Å². The summed E-state index contributed by atoms with van der Waals surface area (Å²) in [5.74, 6) is -0.0575. The van der Waals surface area contributed by atoms with Crippen LogP contribution in [0.2, 0.25) is 5.02 Å². The van der Waals surface area contributed by atoms with E-state index in [4.69, 9.17) is 11.6 Å². The normalized spacial score (nSPS) is 16.0. The van der Waals surface area contributed by atoms with Crippen LogP contribution in [0, 0.1) is 0 Å². The monoisotopic (exact) mass is 404 g/mol. The van der Waals surface area contributed by atoms with Crippen LogP contribution in [0.3, 0.4) is 0 Å². The molecule has 0 aromatic heterocycles. The highest BCUT2D eigenvalue weighted by Crippen LogP contribution is 2.17. The minimum absolute atomic E-state index is 0.0575. The van der Waals surface area contributed by atoms with Gasteiger partial charge < -0.3 is 4.90 Å². The number of nitrogens with zero attached hydrogens (tertiary/aromatic N) is 1. The number of likely N-dealkylation sites (tertiary alicyclic amines) is 1. The molecule has 1 amide bonds. The maximum atomic E-state index is 12.4. The molecule has 1 aliphatic rings. The minimum atomic E-state index is -3.59. The lowest BCUT2D eigenvalue weighted by Crippen LogP contribution is -2.46. The second-order valence-corrected chi connectivity index (χ2v) is 8.57. The van der Waals surface area contributed by atoms with E-state index in [1.54, 1.807) is 29.2 Å². The number of amides is 1. The molecule has 1 heterocycles. The third-order valence-corrected chi connectivity index (χ3v) is 6.26. The van der Waals surface area contributed by atoms with Crippen LogP contribution in [0.4, 0.5) is 0 Å². The molecule has 0 atom stereocenters. The lowest BCUT2D eigenvalue weighted by Gasteiger charge is -2.31. The number of halogens is 1. The Morgan fingerprint density at radius 1 is 1.04 bits per heavy atom. The van der Waals surface area contributed by atoms with Crippen molar-refractivity contribution >= 4 is 33.6 Å². The molecule has 7 heteroatoms. The van der Waals surface area contributed by atoms with Crippen molar-refractivity contribution < 1.29 is 13.2 Å². The zero-order chi connectivity index (χ0) is 19.3. The highest BCUT2D eigenvalue weighted by atomic mass is 35.5. The lowest BCUT2D eigenvalue weighted by molar-refractivity contribution is -0.126. The molecule has 5 nitrogen and oxygen atoms in total. The van der Waals surface area contributed by atoms with Crippen molar-refractivity contribution in [1.29, 1.82) is 0 Å². The van der Waals surface area contributed by atoms with E-state index >= 15 is 0 Å². The van der Waals surface area contributed by atoms with Crippen LogP contribution in [0.1, 0.15) is 18.4 Å². The molecular weight excluding hydrogens is 384 g/mol. The molecule has 0 aliphatic carbocycles. The Kier molecular flexibility index (Phi) is 6.31. The summed E-state index contributed by atoms with van der Waals surface area (Å²) in [5.41, 5.74) is 0.969. The van der Waals surface area contributed by atoms with Crippen molar-refractivity contribution in [3.63, 3.8) is 0 Å². The van der Waals surface area contributed by atoms with Crippen molar-refractivity contribution in [2.24, 2.45) is 0 Å². The summed E-state index contributed by atoms with van der Waals surface area (Å²) >= 11 is 5.81. The van der Waals surface area contributed by atoms with Crippen LogP contribution >= 0.6 is 11.6 Å². The molecule has 1 fully saturated rings. The fraction of sp³-hybridized carbons (Fsp3) is 0.250. The third-order valence-electron chi connectivity index (χ3n) is 4.47. The van der Waals surface area contributed by atoms with Gasteiger partial charge in [-0.1, -0.05) is 41.9 Å². The van der Waals surface area contributed by atoms with Gasteiger partial charge in [0, 0.05) is 30.2 Å². The number of nitrogens with one attached hydrogen (secondary N) is 1. The van der Waals surface area contributed by atoms with Crippen molar-refractivity contribution in [2.45, 2.75) is 23.8 Å². The van der Waals surface area contributed by atoms with E-state index in [9.17, 15) is 13.2 Å². The molecule has 1 aliphatic heterocycles. The molecule has 0 bridgehead atoms. The van der Waals surface area contributed by atoms with E-state index in [0.717, 1.165) is 5.56 Å². The Morgan fingerprint density at radius 2 is 1.67 bits per heavy atom. The molecule has 0 unspecified atom stereocenters. The van der Waals surface area contributed by atoms with Gasteiger partial charge in [-0.15, -0.1) is 0 Å². The summed E-state index contributed by atoms with van der Waals surface area (Å²) in [5, 5.41) is 0.490. The number of hydrogen-bond acceptors (Lipinski definition) is 3. The first kappa shape index (κ1) is 19.6. The predicted octanol–water partition coefficient (Wildman–Crippen LogP) is 3.32. The van der Waals surface area contributed by atoms with E-state index < -0.39 is 10.0 Å². The van der Waals surface area contributed by atoms with Crippen molar-refractivity contribution in [3.8, 4) is 0 Å². The van der Waals surface area contributed by atoms with Gasteiger partial charge in [-0.25, -0.2) is 13.1 Å². The highest BCUT2D eigenvalue weighted by molar-refractivity contribution is 7.89. The smallest absolute Gasteiger partial charge is 0.246 e. The first-order valence-electron chi connectivity index (χ1n) is 8.74. The van der Waals surface area contributed by atoms with Crippen LogP contribution in [-0.2, 0) is 14.8 Å². The Bertz CT molecular complexity index is 904. The number of carbonyl (C=O) groups is 1. The standard InChI is InChI=1S/C20H21ClN2O3S/c21-17-7-9-19(10-8-17)27(25,26)22-18-12-14-23(15-13-18)20(24)11-6-16-4-2-1-3-5-16/h1-11,18,22H,12-15H2/b11-6+. The zero-order valence-corrected chi connectivity index (χ0v) is 16.3. The summed E-state index contributed by atoms with van der Waals surface area (Å²) < 4.78 is 27.6. The van der Waals surface area contributed by atoms with Gasteiger partial charge in [0.1, 0.15) is 0 Å². The van der Waals surface area contributed by atoms with E-state index in [1.807, 2.05) is 30.3 Å². The third kappa shape index (κ3) is 5.42. The molecular formula is C20H21ClN2O3S. The van der Waals surface area contributed by atoms with Gasteiger partial charge >= 0.3 is 0 Å². The molecule has 1 N–H and O–H groups in total. The number of rotatable bonds is 5. The summed E-state index contributed by atoms with van der Waals surface area (Å²) in [7, 11) is -3.59. The molecule has 1 saturated heterocycles. The van der Waals surface area contributed by atoms with Crippen molar-refractivity contribution in [1.82, 2.24) is 9.62 Å². The Hall–Kier alpha value is -2.15. The minimum Gasteiger partial charge on any atom is -0.339 e. The van der Waals surface area contributed by atoms with Gasteiger partial charge in [0.15, 0.2) is 0 Å². The number of carbonyl (C=O) groups excluding carboxylic acids is 1. The molecule has 3 rings (SSSR count). The number of benzene rings is 2. The summed E-state index contributed by atoms with van der Waals surface area (Å²) in [6, 6.07) is 15.5. The highest BCUT2D eigenvalue weighted by Gasteiger charge is 2.25. The van der Waals surface area contributed by atoms with E-state index in [1.165, 1.54) is 12.1 Å². The zero-order valence-electron chi connectivity index (χ0n) is 14.7. The topological polar surface area (TPSA) is 66.5 Å². The quantitative estimate of drug-likeness (QED) is 0.777. The summed E-state index contributed by atoms with van der Waals surface area (Å²) in [6.07, 6.45) is 4.51. The molecule has 0 spiro atoms. The van der Waals surface area contributed by atoms with E-state index in [-0.39, 0.29) is 16.8 Å². The summed E-state index contributed by atoms with van der Waals surface area (Å²) in [6.45, 7) is 1.04. The van der Waals surface area contributed by atoms with Crippen LogP contribution in [0.15, 0.2) is 65.6 Å². The van der Waals surface area contributed by atoms with Gasteiger partial charge in [-0.2, -0.15) is 0 Å². The lowest BCUT2D eigenvalue weighted by atomic mass is 10.1. The fourth-order valence-corrected chi connectivity index (χ4v) is 4.39. The molecule has 0 radical (unpaired) electrons. The second-order valence-electron chi connectivity index (χ2n) is 6.42. The number of hydrogen-bond donors (Lipinski definition) is 1.